The van der Waals surface area contributed by atoms with Crippen LogP contribution < -0.4 is 15.1 Å². The number of nitrogens with zero attached hydrogens (tertiary/aromatic N) is 8. The van der Waals surface area contributed by atoms with Gasteiger partial charge >= 0.3 is 0 Å². The van der Waals surface area contributed by atoms with Crippen molar-refractivity contribution in [3.8, 4) is 11.3 Å². The number of nitrogens with one attached hydrogen (secondary N) is 1. The summed E-state index contributed by atoms with van der Waals surface area (Å²) in [6.45, 7) is 3.87. The first-order valence-corrected chi connectivity index (χ1v) is 18.2. The van der Waals surface area contributed by atoms with Gasteiger partial charge in [0.15, 0.2) is 5.65 Å². The van der Waals surface area contributed by atoms with Crippen LogP contribution in [-0.4, -0.2) is 85.9 Å². The van der Waals surface area contributed by atoms with Gasteiger partial charge in [0, 0.05) is 75.1 Å². The lowest BCUT2D eigenvalue weighted by atomic mass is 10.0. The summed E-state index contributed by atoms with van der Waals surface area (Å²) in [5.74, 6) is -1.17. The summed E-state index contributed by atoms with van der Waals surface area (Å²) >= 11 is 0. The van der Waals surface area contributed by atoms with E-state index in [0.717, 1.165) is 23.9 Å². The molecule has 12 nitrogen and oxygen atoms in total. The van der Waals surface area contributed by atoms with Crippen molar-refractivity contribution in [1.29, 1.82) is 0 Å². The van der Waals surface area contributed by atoms with Crippen LogP contribution in [-0.2, 0) is 22.7 Å². The van der Waals surface area contributed by atoms with E-state index in [9.17, 15) is 23.2 Å². The Morgan fingerprint density at radius 2 is 1.65 bits per heavy atom. The Balaban J connectivity index is 0.878. The van der Waals surface area contributed by atoms with Crippen molar-refractivity contribution >= 4 is 35.0 Å². The fourth-order valence-electron chi connectivity index (χ4n) is 8.22. The van der Waals surface area contributed by atoms with Crippen molar-refractivity contribution < 1.29 is 27.6 Å². The van der Waals surface area contributed by atoms with Crippen molar-refractivity contribution in [3.63, 3.8) is 0 Å². The number of hydrogen-bond donors (Lipinski definition) is 1. The summed E-state index contributed by atoms with van der Waals surface area (Å²) in [5, 5.41) is 6.80. The van der Waals surface area contributed by atoms with Gasteiger partial charge in [0.05, 0.1) is 23.5 Å². The number of carbonyl (C=O) groups is 3. The van der Waals surface area contributed by atoms with Gasteiger partial charge in [0.2, 0.25) is 11.8 Å². The van der Waals surface area contributed by atoms with Crippen LogP contribution in [0.4, 0.5) is 24.8 Å². The zero-order valence-corrected chi connectivity index (χ0v) is 29.2. The molecule has 4 aliphatic heterocycles. The fourth-order valence-corrected chi connectivity index (χ4v) is 8.22. The summed E-state index contributed by atoms with van der Waals surface area (Å²) in [6, 6.07) is 13.1. The minimum atomic E-state index is -0.751. The number of carbonyl (C=O) groups excluding carboxylic acids is 3. The normalized spacial score (nSPS) is 20.6. The van der Waals surface area contributed by atoms with Gasteiger partial charge in [0.1, 0.15) is 35.1 Å². The average molecular weight is 736 g/mol. The Kier molecular flexibility index (Phi) is 8.52. The monoisotopic (exact) mass is 735 g/mol. The van der Waals surface area contributed by atoms with Crippen molar-refractivity contribution in [3.05, 3.63) is 107 Å². The molecule has 0 bridgehead atoms. The van der Waals surface area contributed by atoms with E-state index in [0.29, 0.717) is 79.5 Å². The molecule has 0 saturated carbocycles. The van der Waals surface area contributed by atoms with E-state index < -0.39 is 35.3 Å². The van der Waals surface area contributed by atoms with Crippen molar-refractivity contribution in [1.82, 2.24) is 34.7 Å². The number of piperidine rings is 1. The SMILES string of the molecule is O=C1CCC(N2Cc3cc(CN4CCN(c5cccc(-c6cnn7ccc(N8CCCC8c8cc(F)ccc8F)nc67)n5)CC4)c(F)cc3C2=O)C(=O)N1. The highest BCUT2D eigenvalue weighted by atomic mass is 19.1. The highest BCUT2D eigenvalue weighted by Crippen LogP contribution is 2.38. The Morgan fingerprint density at radius 1 is 0.796 bits per heavy atom. The number of imide groups is 1. The second-order valence-corrected chi connectivity index (χ2v) is 14.3. The summed E-state index contributed by atoms with van der Waals surface area (Å²) in [4.78, 5) is 54.9. The molecule has 9 rings (SSSR count). The Bertz CT molecular complexity index is 2330. The predicted molar refractivity (Wildman–Crippen MR) is 192 cm³/mol. The smallest absolute Gasteiger partial charge is 0.255 e. The number of aromatic nitrogens is 4. The standard InChI is InChI=1S/C39H36F3N9O3/c40-25-6-7-29(41)27(18-25)32-4-2-11-49(32)35-10-12-51-37(45-35)28(20-43-51)31-3-1-5-34(44-31)48-15-13-47(14-16-48)21-24-17-23-22-50(39(54)26(23)19-30(24)42)33-8-9-36(52)46-38(33)53/h1,3,5-7,10,12,17-20,32-33H,2,4,8-9,11,13-16,21-22H2,(H,46,52,53). The topological polar surface area (TPSA) is 119 Å². The van der Waals surface area contributed by atoms with Crippen molar-refractivity contribution in [2.45, 2.75) is 50.9 Å². The Hall–Kier alpha value is -5.83. The molecule has 0 radical (unpaired) electrons. The van der Waals surface area contributed by atoms with E-state index >= 15 is 4.39 Å². The third kappa shape index (κ3) is 6.11. The van der Waals surface area contributed by atoms with Crippen LogP contribution in [0.25, 0.3) is 16.9 Å². The Morgan fingerprint density at radius 3 is 2.48 bits per heavy atom. The molecule has 1 N–H and O–H groups in total. The molecule has 15 heteroatoms. The first kappa shape index (κ1) is 34.0. The quantitative estimate of drug-likeness (QED) is 0.239. The third-order valence-electron chi connectivity index (χ3n) is 11.0. The highest BCUT2D eigenvalue weighted by Gasteiger charge is 2.40. The van der Waals surface area contributed by atoms with E-state index in [4.69, 9.17) is 9.97 Å². The van der Waals surface area contributed by atoms with Crippen molar-refractivity contribution in [2.24, 2.45) is 0 Å². The molecular formula is C39H36F3N9O3. The van der Waals surface area contributed by atoms with Crippen LogP contribution >= 0.6 is 0 Å². The van der Waals surface area contributed by atoms with Crippen molar-refractivity contribution in [2.75, 3.05) is 42.5 Å². The number of hydrogen-bond acceptors (Lipinski definition) is 9. The van der Waals surface area contributed by atoms with E-state index in [1.165, 1.54) is 23.1 Å². The fraction of sp³-hybridized carbons (Fsp3) is 0.333. The molecule has 7 heterocycles. The molecule has 3 saturated heterocycles. The molecule has 2 aromatic carbocycles. The van der Waals surface area contributed by atoms with Gasteiger partial charge in [-0.2, -0.15) is 5.10 Å². The predicted octanol–water partition coefficient (Wildman–Crippen LogP) is 4.63. The third-order valence-corrected chi connectivity index (χ3v) is 11.0. The maximum atomic E-state index is 15.4. The van der Waals surface area contributed by atoms with Gasteiger partial charge in [-0.15, -0.1) is 0 Å². The summed E-state index contributed by atoms with van der Waals surface area (Å²) in [6.07, 6.45) is 5.46. The zero-order valence-electron chi connectivity index (χ0n) is 29.2. The number of piperazine rings is 1. The Labute approximate surface area is 308 Å². The van der Waals surface area contributed by atoms with E-state index in [1.54, 1.807) is 16.8 Å². The van der Waals surface area contributed by atoms with Crippen LogP contribution in [0.15, 0.2) is 67.0 Å². The van der Waals surface area contributed by atoms with Crippen LogP contribution in [0.1, 0.15) is 58.8 Å². The average Bonchev–Trinajstić information content (AvgIpc) is 3.91. The molecule has 4 aliphatic rings. The van der Waals surface area contributed by atoms with Gasteiger partial charge < -0.3 is 14.7 Å². The van der Waals surface area contributed by atoms with Gasteiger partial charge in [-0.25, -0.2) is 27.7 Å². The second-order valence-electron chi connectivity index (χ2n) is 14.3. The van der Waals surface area contributed by atoms with Gasteiger partial charge in [-0.3, -0.25) is 24.6 Å². The molecule has 3 aromatic heterocycles. The zero-order chi connectivity index (χ0) is 37.1. The summed E-state index contributed by atoms with van der Waals surface area (Å²) < 4.78 is 45.9. The van der Waals surface area contributed by atoms with Gasteiger partial charge in [-0.1, -0.05) is 6.07 Å². The molecule has 5 aromatic rings. The van der Waals surface area contributed by atoms with Crippen LogP contribution in [0.3, 0.4) is 0 Å². The number of fused-ring (bicyclic) bond motifs is 2. The van der Waals surface area contributed by atoms with E-state index in [-0.39, 0.29) is 36.9 Å². The number of rotatable bonds is 7. The maximum Gasteiger partial charge on any atom is 0.255 e. The number of amides is 3. The molecule has 2 atom stereocenters. The lowest BCUT2D eigenvalue weighted by Crippen LogP contribution is -2.52. The number of pyridine rings is 1. The molecule has 54 heavy (non-hydrogen) atoms. The second kappa shape index (κ2) is 13.5. The summed E-state index contributed by atoms with van der Waals surface area (Å²) in [5.41, 5.74) is 3.79. The van der Waals surface area contributed by atoms with E-state index in [1.807, 2.05) is 35.4 Å². The largest absolute Gasteiger partial charge is 0.354 e. The maximum absolute atomic E-state index is 15.4. The molecule has 2 unspecified atom stereocenters. The number of halogens is 3. The lowest BCUT2D eigenvalue weighted by molar-refractivity contribution is -0.136. The molecule has 3 fully saturated rings. The van der Waals surface area contributed by atoms with Gasteiger partial charge in [-0.05, 0) is 73.4 Å². The van der Waals surface area contributed by atoms with Crippen LogP contribution in [0.2, 0.25) is 0 Å². The van der Waals surface area contributed by atoms with Crippen LogP contribution in [0.5, 0.6) is 0 Å². The van der Waals surface area contributed by atoms with Gasteiger partial charge in [0.25, 0.3) is 5.91 Å². The van der Waals surface area contributed by atoms with Crippen LogP contribution in [0, 0.1) is 17.5 Å². The minimum absolute atomic E-state index is 0.157. The van der Waals surface area contributed by atoms with E-state index in [2.05, 4.69) is 20.2 Å². The minimum Gasteiger partial charge on any atom is -0.354 e. The lowest BCUT2D eigenvalue weighted by Gasteiger charge is -2.35. The summed E-state index contributed by atoms with van der Waals surface area (Å²) in [7, 11) is 0. The highest BCUT2D eigenvalue weighted by molar-refractivity contribution is 6.05. The molecule has 276 valence electrons. The molecule has 0 spiro atoms. The molecule has 0 aliphatic carbocycles. The first-order valence-electron chi connectivity index (χ1n) is 18.2. The molecular weight excluding hydrogens is 699 g/mol. The number of benzene rings is 2. The molecule has 3 amide bonds. The number of anilines is 2. The first-order chi connectivity index (χ1) is 26.2.